The highest BCUT2D eigenvalue weighted by Gasteiger charge is 2.41. The van der Waals surface area contributed by atoms with Crippen LogP contribution in [-0.4, -0.2) is 46.8 Å². The van der Waals surface area contributed by atoms with Crippen molar-refractivity contribution >= 4 is 5.97 Å². The lowest BCUT2D eigenvalue weighted by atomic mass is 9.72. The fraction of sp³-hybridized carbons (Fsp3) is 0.457. The molecule has 214 valence electrons. The molecule has 1 atom stereocenters. The van der Waals surface area contributed by atoms with Crippen molar-refractivity contribution in [1.29, 1.82) is 0 Å². The maximum Gasteiger partial charge on any atom is 0.310 e. The van der Waals surface area contributed by atoms with Crippen molar-refractivity contribution in [3.8, 4) is 0 Å². The van der Waals surface area contributed by atoms with Gasteiger partial charge in [0.1, 0.15) is 5.60 Å². The van der Waals surface area contributed by atoms with Gasteiger partial charge < -0.3 is 19.8 Å². The third-order valence-corrected chi connectivity index (χ3v) is 8.56. The van der Waals surface area contributed by atoms with E-state index >= 15 is 0 Å². The second-order valence-electron chi connectivity index (χ2n) is 11.6. The van der Waals surface area contributed by atoms with Crippen LogP contribution in [0.15, 0.2) is 72.8 Å². The van der Waals surface area contributed by atoms with E-state index in [0.717, 1.165) is 72.3 Å². The number of rotatable bonds is 11. The molecule has 3 aromatic carbocycles. The largest absolute Gasteiger partial charge is 0.463 e. The fourth-order valence-corrected chi connectivity index (χ4v) is 6.17. The normalized spacial score (nSPS) is 15.8. The Morgan fingerprint density at radius 3 is 2.05 bits per heavy atom. The van der Waals surface area contributed by atoms with E-state index in [-0.39, 0.29) is 24.4 Å². The zero-order valence-electron chi connectivity index (χ0n) is 24.5. The first-order valence-electron chi connectivity index (χ1n) is 14.7. The van der Waals surface area contributed by atoms with Crippen molar-refractivity contribution in [2.24, 2.45) is 5.92 Å². The minimum atomic E-state index is -1.00. The highest BCUT2D eigenvalue weighted by atomic mass is 16.5. The van der Waals surface area contributed by atoms with Crippen LogP contribution in [0.5, 0.6) is 0 Å². The first-order chi connectivity index (χ1) is 19.2. The molecule has 1 aliphatic heterocycles. The highest BCUT2D eigenvalue weighted by molar-refractivity contribution is 5.73. The van der Waals surface area contributed by atoms with Crippen LogP contribution >= 0.6 is 0 Å². The predicted octanol–water partition coefficient (Wildman–Crippen LogP) is 6.26. The second kappa shape index (κ2) is 13.6. The quantitative estimate of drug-likeness (QED) is 0.280. The van der Waals surface area contributed by atoms with Crippen LogP contribution < -0.4 is 0 Å². The molecule has 0 amide bonds. The van der Waals surface area contributed by atoms with Crippen molar-refractivity contribution in [3.63, 3.8) is 0 Å². The van der Waals surface area contributed by atoms with E-state index in [1.807, 2.05) is 100 Å². The van der Waals surface area contributed by atoms with Gasteiger partial charge >= 0.3 is 5.97 Å². The minimum Gasteiger partial charge on any atom is -0.463 e. The smallest absolute Gasteiger partial charge is 0.310 e. The molecular formula is C35H45NO4. The molecule has 5 nitrogen and oxygen atoms in total. The molecule has 1 saturated heterocycles. The third kappa shape index (κ3) is 7.01. The number of likely N-dealkylation sites (tertiary alicyclic amines) is 1. The standard InChI is InChI=1S/C35H45NO4/c1-25(2)40-34(38)24-28-17-18-32(27(4)26(28)3)33(37)16-11-21-36-22-19-31(20-23-36)35(39,29-12-7-5-8-13-29)30-14-9-6-10-15-30/h5-10,12-15,17-18,25,31,33,37,39H,11,16,19-24H2,1-4H3. The summed E-state index contributed by atoms with van der Waals surface area (Å²) in [4.78, 5) is 14.6. The zero-order valence-corrected chi connectivity index (χ0v) is 24.5. The number of piperidine rings is 1. The van der Waals surface area contributed by atoms with E-state index in [1.54, 1.807) is 0 Å². The number of hydrogen-bond acceptors (Lipinski definition) is 5. The first-order valence-corrected chi connectivity index (χ1v) is 14.7. The summed E-state index contributed by atoms with van der Waals surface area (Å²) in [5, 5.41) is 23.1. The Morgan fingerprint density at radius 2 is 1.50 bits per heavy atom. The number of nitrogens with zero attached hydrogens (tertiary/aromatic N) is 1. The van der Waals surface area contributed by atoms with Gasteiger partial charge in [0.25, 0.3) is 0 Å². The maximum atomic E-state index is 12.1. The lowest BCUT2D eigenvalue weighted by molar-refractivity contribution is -0.146. The van der Waals surface area contributed by atoms with E-state index < -0.39 is 11.7 Å². The number of ether oxygens (including phenoxy) is 1. The number of benzene rings is 3. The van der Waals surface area contributed by atoms with E-state index in [9.17, 15) is 15.0 Å². The lowest BCUT2D eigenvalue weighted by Crippen LogP contribution is -2.44. The molecule has 0 aliphatic carbocycles. The zero-order chi connectivity index (χ0) is 28.7. The van der Waals surface area contributed by atoms with Gasteiger partial charge in [0.15, 0.2) is 0 Å². The Balaban J connectivity index is 1.31. The Labute approximate surface area is 239 Å². The maximum absolute atomic E-state index is 12.1. The average Bonchev–Trinajstić information content (AvgIpc) is 2.96. The van der Waals surface area contributed by atoms with Crippen molar-refractivity contribution in [1.82, 2.24) is 4.90 Å². The predicted molar refractivity (Wildman–Crippen MR) is 160 cm³/mol. The van der Waals surface area contributed by atoms with Gasteiger partial charge in [-0.05, 0) is 112 Å². The van der Waals surface area contributed by atoms with Crippen molar-refractivity contribution in [2.45, 2.75) is 77.6 Å². The topological polar surface area (TPSA) is 70.0 Å². The number of carbonyl (C=O) groups excluding carboxylic acids is 1. The molecule has 0 aromatic heterocycles. The second-order valence-corrected chi connectivity index (χ2v) is 11.6. The van der Waals surface area contributed by atoms with E-state index in [4.69, 9.17) is 4.74 Å². The third-order valence-electron chi connectivity index (χ3n) is 8.56. The molecule has 4 rings (SSSR count). The average molecular weight is 544 g/mol. The Hall–Kier alpha value is -2.99. The van der Waals surface area contributed by atoms with Crippen LogP contribution in [0.25, 0.3) is 0 Å². The molecule has 1 unspecified atom stereocenters. The van der Waals surface area contributed by atoms with Crippen LogP contribution in [0.2, 0.25) is 0 Å². The van der Waals surface area contributed by atoms with Gasteiger partial charge in [0, 0.05) is 0 Å². The first kappa shape index (κ1) is 30.0. The van der Waals surface area contributed by atoms with Gasteiger partial charge in [0.2, 0.25) is 0 Å². The summed E-state index contributed by atoms with van der Waals surface area (Å²) in [6.45, 7) is 10.5. The van der Waals surface area contributed by atoms with Gasteiger partial charge in [-0.2, -0.15) is 0 Å². The number of aliphatic hydroxyl groups excluding tert-OH is 1. The molecule has 1 heterocycles. The fourth-order valence-electron chi connectivity index (χ4n) is 6.17. The van der Waals surface area contributed by atoms with Gasteiger partial charge in [-0.1, -0.05) is 72.8 Å². The Morgan fingerprint density at radius 1 is 0.925 bits per heavy atom. The van der Waals surface area contributed by atoms with Crippen molar-refractivity contribution in [3.05, 3.63) is 106 Å². The molecule has 5 heteroatoms. The molecule has 1 aliphatic rings. The molecule has 3 aromatic rings. The van der Waals surface area contributed by atoms with Gasteiger partial charge in [-0.3, -0.25) is 4.79 Å². The molecule has 40 heavy (non-hydrogen) atoms. The van der Waals surface area contributed by atoms with Crippen LogP contribution in [0.1, 0.15) is 79.0 Å². The van der Waals surface area contributed by atoms with Crippen LogP contribution in [0.4, 0.5) is 0 Å². The monoisotopic (exact) mass is 543 g/mol. The van der Waals surface area contributed by atoms with Gasteiger partial charge in [-0.25, -0.2) is 0 Å². The summed E-state index contributed by atoms with van der Waals surface area (Å²) in [6.07, 6.45) is 3.01. The summed E-state index contributed by atoms with van der Waals surface area (Å²) in [7, 11) is 0. The summed E-state index contributed by atoms with van der Waals surface area (Å²) in [5.74, 6) is -0.0818. The summed E-state index contributed by atoms with van der Waals surface area (Å²) in [6, 6.07) is 24.1. The molecule has 2 N–H and O–H groups in total. The highest BCUT2D eigenvalue weighted by Crippen LogP contribution is 2.42. The molecule has 0 spiro atoms. The molecule has 0 saturated carbocycles. The van der Waals surface area contributed by atoms with Gasteiger partial charge in [-0.15, -0.1) is 0 Å². The summed E-state index contributed by atoms with van der Waals surface area (Å²) < 4.78 is 5.30. The SMILES string of the molecule is Cc1c(CC(=O)OC(C)C)ccc(C(O)CCCN2CCC(C(O)(c3ccccc3)c3ccccc3)CC2)c1C. The van der Waals surface area contributed by atoms with Crippen LogP contribution in [-0.2, 0) is 21.6 Å². The van der Waals surface area contributed by atoms with Crippen LogP contribution in [0, 0.1) is 19.8 Å². The molecule has 1 fully saturated rings. The molecule has 0 bridgehead atoms. The summed E-state index contributed by atoms with van der Waals surface area (Å²) in [5.41, 5.74) is 4.89. The van der Waals surface area contributed by atoms with Crippen molar-refractivity contribution < 1.29 is 19.7 Å². The van der Waals surface area contributed by atoms with Crippen LogP contribution in [0.3, 0.4) is 0 Å². The van der Waals surface area contributed by atoms with Gasteiger partial charge in [0.05, 0.1) is 18.6 Å². The number of hydrogen-bond donors (Lipinski definition) is 2. The number of aliphatic hydroxyl groups is 2. The Kier molecular flexibility index (Phi) is 10.2. The molecule has 0 radical (unpaired) electrons. The summed E-state index contributed by atoms with van der Waals surface area (Å²) >= 11 is 0. The number of esters is 1. The number of carbonyl (C=O) groups is 1. The minimum absolute atomic E-state index is 0.125. The Bertz CT molecular complexity index is 1190. The van der Waals surface area contributed by atoms with E-state index in [1.165, 1.54) is 0 Å². The van der Waals surface area contributed by atoms with E-state index in [2.05, 4.69) is 4.90 Å². The van der Waals surface area contributed by atoms with Crippen molar-refractivity contribution in [2.75, 3.05) is 19.6 Å². The molecular weight excluding hydrogens is 498 g/mol. The van der Waals surface area contributed by atoms with E-state index in [0.29, 0.717) is 6.42 Å². The lowest BCUT2D eigenvalue weighted by Gasteiger charge is -2.42.